The normalized spacial score (nSPS) is 18.1. The third kappa shape index (κ3) is 1.83. The summed E-state index contributed by atoms with van der Waals surface area (Å²) in [5, 5.41) is 13.4. The van der Waals surface area contributed by atoms with Gasteiger partial charge in [0.25, 0.3) is 11.5 Å². The second-order valence-corrected chi connectivity index (χ2v) is 4.34. The van der Waals surface area contributed by atoms with E-state index in [-0.39, 0.29) is 17.2 Å². The Bertz CT molecular complexity index is 484. The fourth-order valence-electron chi connectivity index (χ4n) is 1.70. The van der Waals surface area contributed by atoms with E-state index in [9.17, 15) is 14.7 Å². The lowest BCUT2D eigenvalue weighted by atomic mass is 9.96. The molecule has 0 aromatic carbocycles. The minimum Gasteiger partial charge on any atom is -0.386 e. The van der Waals surface area contributed by atoms with Gasteiger partial charge < -0.3 is 10.0 Å². The van der Waals surface area contributed by atoms with Crippen molar-refractivity contribution in [1.82, 2.24) is 14.7 Å². The minimum absolute atomic E-state index is 0.220. The number of hydrogen-bond donors (Lipinski definition) is 1. The Hall–Kier alpha value is -1.69. The number of carbonyl (C=O) groups is 1. The third-order valence-electron chi connectivity index (χ3n) is 2.53. The second kappa shape index (κ2) is 3.41. The lowest BCUT2D eigenvalue weighted by Gasteiger charge is -2.43. The molecule has 0 atom stereocenters. The summed E-state index contributed by atoms with van der Waals surface area (Å²) in [6.45, 7) is 2.28. The highest BCUT2D eigenvalue weighted by Gasteiger charge is 2.40. The molecule has 16 heavy (non-hydrogen) atoms. The monoisotopic (exact) mass is 223 g/mol. The van der Waals surface area contributed by atoms with Crippen molar-refractivity contribution in [2.24, 2.45) is 7.05 Å². The van der Waals surface area contributed by atoms with Crippen LogP contribution in [0.15, 0.2) is 16.9 Å². The highest BCUT2D eigenvalue weighted by Crippen LogP contribution is 2.21. The second-order valence-electron chi connectivity index (χ2n) is 4.34. The average Bonchev–Trinajstić information content (AvgIpc) is 2.17. The first kappa shape index (κ1) is 10.8. The molecule has 1 fully saturated rings. The van der Waals surface area contributed by atoms with Gasteiger partial charge in [-0.1, -0.05) is 0 Å². The first-order chi connectivity index (χ1) is 7.39. The van der Waals surface area contributed by atoms with Gasteiger partial charge in [0.2, 0.25) is 0 Å². The van der Waals surface area contributed by atoms with Crippen LogP contribution in [0.1, 0.15) is 17.4 Å². The van der Waals surface area contributed by atoms with Gasteiger partial charge in [-0.3, -0.25) is 9.59 Å². The SMILES string of the molecule is Cn1nc(C(=O)N2CC(C)(O)C2)ccc1=O. The average molecular weight is 223 g/mol. The molecule has 0 bridgehead atoms. The van der Waals surface area contributed by atoms with Gasteiger partial charge in [-0.05, 0) is 13.0 Å². The van der Waals surface area contributed by atoms with Crippen molar-refractivity contribution in [1.29, 1.82) is 0 Å². The van der Waals surface area contributed by atoms with Gasteiger partial charge in [0.15, 0.2) is 0 Å². The number of aliphatic hydroxyl groups is 1. The van der Waals surface area contributed by atoms with Crippen molar-refractivity contribution in [3.8, 4) is 0 Å². The Morgan fingerprint density at radius 2 is 2.12 bits per heavy atom. The van der Waals surface area contributed by atoms with E-state index in [2.05, 4.69) is 5.10 Å². The summed E-state index contributed by atoms with van der Waals surface area (Å²) in [7, 11) is 1.49. The van der Waals surface area contributed by atoms with E-state index >= 15 is 0 Å². The van der Waals surface area contributed by atoms with E-state index in [4.69, 9.17) is 0 Å². The van der Waals surface area contributed by atoms with Crippen LogP contribution in [0.5, 0.6) is 0 Å². The number of carbonyl (C=O) groups excluding carboxylic acids is 1. The molecule has 6 heteroatoms. The number of aromatic nitrogens is 2. The maximum absolute atomic E-state index is 11.8. The predicted octanol–water partition coefficient (Wildman–Crippen LogP) is -1.01. The van der Waals surface area contributed by atoms with Crippen molar-refractivity contribution in [2.45, 2.75) is 12.5 Å². The molecule has 0 saturated carbocycles. The van der Waals surface area contributed by atoms with Crippen molar-refractivity contribution >= 4 is 5.91 Å². The zero-order valence-electron chi connectivity index (χ0n) is 9.17. The van der Waals surface area contributed by atoms with Crippen LogP contribution >= 0.6 is 0 Å². The fraction of sp³-hybridized carbons (Fsp3) is 0.500. The number of aryl methyl sites for hydroxylation is 1. The van der Waals surface area contributed by atoms with E-state index < -0.39 is 5.60 Å². The molecule has 6 nitrogen and oxygen atoms in total. The van der Waals surface area contributed by atoms with Crippen LogP contribution in [-0.4, -0.2) is 44.4 Å². The summed E-state index contributed by atoms with van der Waals surface area (Å²) in [5.74, 6) is -0.262. The van der Waals surface area contributed by atoms with Gasteiger partial charge in [-0.25, -0.2) is 4.68 Å². The van der Waals surface area contributed by atoms with E-state index in [0.717, 1.165) is 4.68 Å². The quantitative estimate of drug-likeness (QED) is 0.661. The topological polar surface area (TPSA) is 75.4 Å². The summed E-state index contributed by atoms with van der Waals surface area (Å²) in [4.78, 5) is 24.4. The third-order valence-corrected chi connectivity index (χ3v) is 2.53. The van der Waals surface area contributed by atoms with Crippen LogP contribution in [-0.2, 0) is 7.05 Å². The molecule has 1 N–H and O–H groups in total. The molecule has 0 radical (unpaired) electrons. The van der Waals surface area contributed by atoms with Gasteiger partial charge in [0.1, 0.15) is 5.69 Å². The zero-order chi connectivity index (χ0) is 11.9. The van der Waals surface area contributed by atoms with Crippen LogP contribution in [0, 0.1) is 0 Å². The van der Waals surface area contributed by atoms with Gasteiger partial charge in [0.05, 0.1) is 18.7 Å². The summed E-state index contributed by atoms with van der Waals surface area (Å²) in [6.07, 6.45) is 0. The Morgan fingerprint density at radius 1 is 1.50 bits per heavy atom. The van der Waals surface area contributed by atoms with Crippen LogP contribution in [0.4, 0.5) is 0 Å². The Morgan fingerprint density at radius 3 is 2.62 bits per heavy atom. The van der Waals surface area contributed by atoms with Gasteiger partial charge >= 0.3 is 0 Å². The number of rotatable bonds is 1. The zero-order valence-corrected chi connectivity index (χ0v) is 9.17. The van der Waals surface area contributed by atoms with Crippen LogP contribution in [0.3, 0.4) is 0 Å². The molecule has 1 amide bonds. The standard InChI is InChI=1S/C10H13N3O3/c1-10(16)5-13(6-10)9(15)7-3-4-8(14)12(2)11-7/h3-4,16H,5-6H2,1-2H3. The van der Waals surface area contributed by atoms with Gasteiger partial charge in [0, 0.05) is 13.1 Å². The molecule has 1 aromatic heterocycles. The molecule has 1 aromatic rings. The molecule has 2 heterocycles. The van der Waals surface area contributed by atoms with Crippen molar-refractivity contribution in [3.05, 3.63) is 28.2 Å². The molecule has 2 rings (SSSR count). The predicted molar refractivity (Wildman–Crippen MR) is 56.0 cm³/mol. The molecule has 0 unspecified atom stereocenters. The Kier molecular flexibility index (Phi) is 2.31. The van der Waals surface area contributed by atoms with Crippen LogP contribution in [0.2, 0.25) is 0 Å². The largest absolute Gasteiger partial charge is 0.386 e. The van der Waals surface area contributed by atoms with Crippen LogP contribution in [0.25, 0.3) is 0 Å². The number of β-amino-alcohol motifs (C(OH)–C–C–N with tert-alkyl or cyclic N) is 1. The Balaban J connectivity index is 2.17. The van der Waals surface area contributed by atoms with Crippen molar-refractivity contribution in [2.75, 3.05) is 13.1 Å². The number of nitrogens with zero attached hydrogens (tertiary/aromatic N) is 3. The van der Waals surface area contributed by atoms with E-state index in [0.29, 0.717) is 13.1 Å². The first-order valence-electron chi connectivity index (χ1n) is 4.95. The fourth-order valence-corrected chi connectivity index (χ4v) is 1.70. The summed E-state index contributed by atoms with van der Waals surface area (Å²) >= 11 is 0. The molecule has 86 valence electrons. The van der Waals surface area contributed by atoms with E-state index in [1.165, 1.54) is 24.1 Å². The number of amides is 1. The maximum Gasteiger partial charge on any atom is 0.274 e. The van der Waals surface area contributed by atoms with Crippen molar-refractivity contribution in [3.63, 3.8) is 0 Å². The smallest absolute Gasteiger partial charge is 0.274 e. The van der Waals surface area contributed by atoms with Gasteiger partial charge in [-0.2, -0.15) is 5.10 Å². The Labute approximate surface area is 92.1 Å². The number of hydrogen-bond acceptors (Lipinski definition) is 4. The molecule has 0 spiro atoms. The molecule has 1 aliphatic rings. The lowest BCUT2D eigenvalue weighted by Crippen LogP contribution is -2.61. The van der Waals surface area contributed by atoms with Gasteiger partial charge in [-0.15, -0.1) is 0 Å². The van der Waals surface area contributed by atoms with Crippen LogP contribution < -0.4 is 5.56 Å². The van der Waals surface area contributed by atoms with E-state index in [1.807, 2.05) is 0 Å². The van der Waals surface area contributed by atoms with Crippen molar-refractivity contribution < 1.29 is 9.90 Å². The molecule has 1 aliphatic heterocycles. The summed E-state index contributed by atoms with van der Waals surface area (Å²) in [5.41, 5.74) is -0.833. The number of likely N-dealkylation sites (tertiary alicyclic amines) is 1. The highest BCUT2D eigenvalue weighted by atomic mass is 16.3. The minimum atomic E-state index is -0.795. The molecular formula is C10H13N3O3. The maximum atomic E-state index is 11.8. The highest BCUT2D eigenvalue weighted by molar-refractivity contribution is 5.92. The summed E-state index contributed by atoms with van der Waals surface area (Å²) in [6, 6.07) is 2.70. The molecule has 1 saturated heterocycles. The van der Waals surface area contributed by atoms with E-state index in [1.54, 1.807) is 6.92 Å². The lowest BCUT2D eigenvalue weighted by molar-refractivity contribution is -0.0671. The molecular weight excluding hydrogens is 210 g/mol. The molecule has 0 aliphatic carbocycles. The first-order valence-corrected chi connectivity index (χ1v) is 4.95. The summed E-state index contributed by atoms with van der Waals surface area (Å²) < 4.78 is 1.12.